The van der Waals surface area contributed by atoms with E-state index in [2.05, 4.69) is 15.0 Å². The Kier molecular flexibility index (Phi) is 5.56. The van der Waals surface area contributed by atoms with Gasteiger partial charge in [-0.05, 0) is 49.2 Å². The fourth-order valence-corrected chi connectivity index (χ4v) is 3.65. The first kappa shape index (κ1) is 22.9. The van der Waals surface area contributed by atoms with Gasteiger partial charge in [0.15, 0.2) is 11.2 Å². The molecule has 0 bridgehead atoms. The number of aromatic amines is 1. The molecule has 7 nitrogen and oxygen atoms in total. The number of aryl methyl sites for hydroxylation is 1. The molecule has 1 aromatic carbocycles. The number of nitrogens with one attached hydrogen (secondary N) is 1. The Morgan fingerprint density at radius 1 is 1.09 bits per heavy atom. The van der Waals surface area contributed by atoms with Gasteiger partial charge < -0.3 is 15.5 Å². The number of hydrogen-bond donors (Lipinski definition) is 2. The lowest BCUT2D eigenvalue weighted by Crippen LogP contribution is -2.18. The van der Waals surface area contributed by atoms with Crippen molar-refractivity contribution in [3.05, 3.63) is 81.3 Å². The summed E-state index contributed by atoms with van der Waals surface area (Å²) in [4.78, 5) is 34.7. The summed E-state index contributed by atoms with van der Waals surface area (Å²) in [5, 5.41) is -0.0987. The first-order valence-electron chi connectivity index (χ1n) is 9.80. The molecule has 4 rings (SSSR count). The van der Waals surface area contributed by atoms with Gasteiger partial charge in [-0.3, -0.25) is 14.6 Å². The molecular weight excluding hydrogens is 456 g/mol. The van der Waals surface area contributed by atoms with Crippen molar-refractivity contribution < 1.29 is 27.1 Å². The van der Waals surface area contributed by atoms with Gasteiger partial charge in [0.05, 0.1) is 22.8 Å². The number of amides is 1. The zero-order valence-electron chi connectivity index (χ0n) is 17.7. The number of H-pyrrole nitrogens is 1. The molecule has 1 amide bonds. The maximum atomic E-state index is 13.6. The number of benzene rings is 1. The smallest absolute Gasteiger partial charge is 0.433 e. The van der Waals surface area contributed by atoms with E-state index in [1.807, 2.05) is 0 Å². The summed E-state index contributed by atoms with van der Waals surface area (Å²) in [6.45, 7) is 2.76. The van der Waals surface area contributed by atoms with Gasteiger partial charge in [-0.25, -0.2) is 9.37 Å². The molecule has 0 aliphatic rings. The summed E-state index contributed by atoms with van der Waals surface area (Å²) in [6.07, 6.45) is -2.65. The second kappa shape index (κ2) is 8.25. The van der Waals surface area contributed by atoms with Crippen molar-refractivity contribution in [2.24, 2.45) is 5.73 Å². The van der Waals surface area contributed by atoms with Gasteiger partial charge in [-0.15, -0.1) is 0 Å². The van der Waals surface area contributed by atoms with Crippen LogP contribution in [0, 0.1) is 19.7 Å². The topological polar surface area (TPSA) is 111 Å². The second-order valence-electron chi connectivity index (χ2n) is 7.47. The number of aromatic nitrogens is 3. The van der Waals surface area contributed by atoms with E-state index in [0.29, 0.717) is 5.56 Å². The summed E-state index contributed by atoms with van der Waals surface area (Å²) in [5.41, 5.74) is 3.31. The maximum Gasteiger partial charge on any atom is 0.433 e. The van der Waals surface area contributed by atoms with E-state index in [1.165, 1.54) is 31.3 Å². The van der Waals surface area contributed by atoms with Crippen LogP contribution in [0.25, 0.3) is 22.2 Å². The number of carbonyl (C=O) groups excluding carboxylic acids is 1. The van der Waals surface area contributed by atoms with Gasteiger partial charge in [0.25, 0.3) is 5.91 Å². The van der Waals surface area contributed by atoms with Crippen molar-refractivity contribution in [3.8, 4) is 22.8 Å². The van der Waals surface area contributed by atoms with E-state index in [0.717, 1.165) is 18.3 Å². The number of ether oxygens (including phenoxy) is 1. The molecule has 4 aromatic rings. The monoisotopic (exact) mass is 472 g/mol. The minimum atomic E-state index is -4.77. The van der Waals surface area contributed by atoms with E-state index in [-0.39, 0.29) is 44.9 Å². The van der Waals surface area contributed by atoms with Crippen molar-refractivity contribution in [2.75, 3.05) is 0 Å². The maximum absolute atomic E-state index is 13.6. The summed E-state index contributed by atoms with van der Waals surface area (Å²) in [7, 11) is 0. The van der Waals surface area contributed by atoms with Crippen LogP contribution in [0.3, 0.4) is 0 Å². The highest BCUT2D eigenvalue weighted by atomic mass is 19.4. The second-order valence-corrected chi connectivity index (χ2v) is 7.47. The first-order chi connectivity index (χ1) is 16.0. The van der Waals surface area contributed by atoms with Crippen LogP contribution in [0.4, 0.5) is 17.6 Å². The number of alkyl halides is 3. The number of hydrogen-bond acceptors (Lipinski definition) is 5. The van der Waals surface area contributed by atoms with Gasteiger partial charge in [-0.1, -0.05) is 0 Å². The molecule has 0 atom stereocenters. The SMILES string of the molecule is Cc1cc(F)ccc1Oc1cnc(C(F)(F)F)c(C)c1-c1cc(=O)c2c(C(N)=O)nccc2[nH]1. The standard InChI is InChI=1S/C23H16F4N4O3/c1-10-7-12(24)3-4-16(10)34-17-9-30-21(23(25,26)27)11(2)18(17)14-8-15(32)19-13(31-14)5-6-29-20(19)22(28)33/h3-9H,1-2H3,(H2,28,33)(H,31,32). The van der Waals surface area contributed by atoms with Gasteiger partial charge in [0.1, 0.15) is 23.0 Å². The molecule has 0 spiro atoms. The zero-order valence-corrected chi connectivity index (χ0v) is 17.7. The molecule has 3 aromatic heterocycles. The highest BCUT2D eigenvalue weighted by Gasteiger charge is 2.36. The van der Waals surface area contributed by atoms with Crippen molar-refractivity contribution in [2.45, 2.75) is 20.0 Å². The summed E-state index contributed by atoms with van der Waals surface area (Å²) >= 11 is 0. The van der Waals surface area contributed by atoms with E-state index in [4.69, 9.17) is 10.5 Å². The van der Waals surface area contributed by atoms with Crippen LogP contribution in [-0.2, 0) is 6.18 Å². The summed E-state index contributed by atoms with van der Waals surface area (Å²) in [6, 6.07) is 6.09. The van der Waals surface area contributed by atoms with Crippen LogP contribution in [0.2, 0.25) is 0 Å². The lowest BCUT2D eigenvalue weighted by atomic mass is 10.0. The van der Waals surface area contributed by atoms with Crippen LogP contribution < -0.4 is 15.9 Å². The Morgan fingerprint density at radius 2 is 1.82 bits per heavy atom. The third-order valence-electron chi connectivity index (χ3n) is 5.16. The largest absolute Gasteiger partial charge is 0.455 e. The lowest BCUT2D eigenvalue weighted by Gasteiger charge is -2.18. The lowest BCUT2D eigenvalue weighted by molar-refractivity contribution is -0.141. The Hall–Kier alpha value is -4.28. The number of carbonyl (C=O) groups is 1. The quantitative estimate of drug-likeness (QED) is 0.420. The molecule has 0 fully saturated rings. The van der Waals surface area contributed by atoms with Gasteiger partial charge in [0, 0.05) is 17.8 Å². The van der Waals surface area contributed by atoms with Crippen molar-refractivity contribution >= 4 is 16.8 Å². The van der Waals surface area contributed by atoms with Crippen LogP contribution in [-0.4, -0.2) is 20.9 Å². The molecule has 11 heteroatoms. The minimum absolute atomic E-state index is 0.0146. The fraction of sp³-hybridized carbons (Fsp3) is 0.130. The van der Waals surface area contributed by atoms with E-state index in [1.54, 1.807) is 6.92 Å². The Balaban J connectivity index is 1.99. The molecule has 3 N–H and O–H groups in total. The van der Waals surface area contributed by atoms with Crippen LogP contribution in [0.5, 0.6) is 11.5 Å². The van der Waals surface area contributed by atoms with Gasteiger partial charge in [0.2, 0.25) is 0 Å². The minimum Gasteiger partial charge on any atom is -0.455 e. The van der Waals surface area contributed by atoms with Crippen LogP contribution >= 0.6 is 0 Å². The van der Waals surface area contributed by atoms with Gasteiger partial charge in [-0.2, -0.15) is 13.2 Å². The molecule has 0 saturated carbocycles. The van der Waals surface area contributed by atoms with Crippen LogP contribution in [0.1, 0.15) is 27.3 Å². The average Bonchev–Trinajstić information content (AvgIpc) is 2.74. The van der Waals surface area contributed by atoms with E-state index in [9.17, 15) is 27.2 Å². The molecule has 0 radical (unpaired) electrons. The number of nitrogens with two attached hydrogens (primary N) is 1. The molecule has 0 aliphatic heterocycles. The predicted octanol–water partition coefficient (Wildman–Crippen LogP) is 4.65. The van der Waals surface area contributed by atoms with Crippen molar-refractivity contribution in [1.82, 2.24) is 15.0 Å². The first-order valence-corrected chi connectivity index (χ1v) is 9.80. The molecule has 0 saturated heterocycles. The van der Waals surface area contributed by atoms with Gasteiger partial charge >= 0.3 is 6.18 Å². The van der Waals surface area contributed by atoms with Crippen molar-refractivity contribution in [1.29, 1.82) is 0 Å². The third kappa shape index (κ3) is 4.07. The average molecular weight is 472 g/mol. The number of halogens is 4. The summed E-state index contributed by atoms with van der Waals surface area (Å²) in [5.74, 6) is -1.35. The molecule has 3 heterocycles. The summed E-state index contributed by atoms with van der Waals surface area (Å²) < 4.78 is 60.1. The molecule has 174 valence electrons. The Morgan fingerprint density at radius 3 is 2.47 bits per heavy atom. The number of nitrogens with zero attached hydrogens (tertiary/aromatic N) is 2. The van der Waals surface area contributed by atoms with E-state index < -0.39 is 29.0 Å². The van der Waals surface area contributed by atoms with Crippen LogP contribution in [0.15, 0.2) is 47.5 Å². The number of fused-ring (bicyclic) bond motifs is 1. The molecular formula is C23H16F4N4O3. The normalized spacial score (nSPS) is 11.6. The zero-order chi connectivity index (χ0) is 24.8. The molecule has 0 aliphatic carbocycles. The third-order valence-corrected chi connectivity index (χ3v) is 5.16. The van der Waals surface area contributed by atoms with E-state index >= 15 is 0 Å². The highest BCUT2D eigenvalue weighted by molar-refractivity contribution is 6.03. The molecule has 34 heavy (non-hydrogen) atoms. The molecule has 0 unspecified atom stereocenters. The highest BCUT2D eigenvalue weighted by Crippen LogP contribution is 2.41. The van der Waals surface area contributed by atoms with Crippen molar-refractivity contribution in [3.63, 3.8) is 0 Å². The predicted molar refractivity (Wildman–Crippen MR) is 115 cm³/mol. The number of rotatable bonds is 4. The number of pyridine rings is 3. The Bertz CT molecular complexity index is 1510. The Labute approximate surface area is 189 Å². The number of primary amides is 1. The fourth-order valence-electron chi connectivity index (χ4n) is 3.65.